The zero-order valence-corrected chi connectivity index (χ0v) is 19.4. The predicted octanol–water partition coefficient (Wildman–Crippen LogP) is 4.56. The first-order valence-corrected chi connectivity index (χ1v) is 11.3. The van der Waals surface area contributed by atoms with Gasteiger partial charge in [-0.1, -0.05) is 30.3 Å². The molecule has 0 fully saturated rings. The number of thiophene rings is 1. The Morgan fingerprint density at radius 3 is 2.44 bits per heavy atom. The van der Waals surface area contributed by atoms with E-state index in [1.807, 2.05) is 6.07 Å². The summed E-state index contributed by atoms with van der Waals surface area (Å²) >= 11 is 1.80. The van der Waals surface area contributed by atoms with Crippen molar-refractivity contribution in [2.24, 2.45) is 0 Å². The van der Waals surface area contributed by atoms with Crippen molar-refractivity contribution in [2.75, 3.05) is 20.8 Å². The molecule has 2 aromatic heterocycles. The fourth-order valence-electron chi connectivity index (χ4n) is 3.74. The van der Waals surface area contributed by atoms with Crippen molar-refractivity contribution in [3.8, 4) is 11.5 Å². The molecule has 0 radical (unpaired) electrons. The molecule has 0 unspecified atom stereocenters. The third-order valence-corrected chi connectivity index (χ3v) is 6.35. The van der Waals surface area contributed by atoms with Gasteiger partial charge >= 0.3 is 0 Å². The fraction of sp³-hybridized carbons (Fsp3) is 0.280. The number of fused-ring (bicyclic) bond motifs is 1. The van der Waals surface area contributed by atoms with Gasteiger partial charge in [0.25, 0.3) is 5.56 Å². The van der Waals surface area contributed by atoms with Gasteiger partial charge in [-0.15, -0.1) is 11.3 Å². The Morgan fingerprint density at radius 1 is 1.00 bits per heavy atom. The Morgan fingerprint density at radius 2 is 1.75 bits per heavy atom. The number of methoxy groups -OCH3 is 2. The van der Waals surface area contributed by atoms with Crippen LogP contribution in [0.25, 0.3) is 10.9 Å². The van der Waals surface area contributed by atoms with Crippen LogP contribution in [-0.2, 0) is 19.5 Å². The minimum atomic E-state index is -0.180. The summed E-state index contributed by atoms with van der Waals surface area (Å²) < 4.78 is 10.7. The number of benzene rings is 2. The van der Waals surface area contributed by atoms with Crippen molar-refractivity contribution < 1.29 is 9.47 Å². The number of aryl methyl sites for hydroxylation is 1. The van der Waals surface area contributed by atoms with E-state index in [0.717, 1.165) is 19.5 Å². The molecule has 0 amide bonds. The van der Waals surface area contributed by atoms with Gasteiger partial charge in [0.2, 0.25) is 0 Å². The third-order valence-electron chi connectivity index (χ3n) is 5.37. The van der Waals surface area contributed by atoms with E-state index in [0.29, 0.717) is 34.8 Å². The van der Waals surface area contributed by atoms with Gasteiger partial charge in [-0.25, -0.2) is 4.98 Å². The second-order valence-electron chi connectivity index (χ2n) is 7.70. The van der Waals surface area contributed by atoms with E-state index >= 15 is 0 Å². The summed E-state index contributed by atoms with van der Waals surface area (Å²) in [6, 6.07) is 18.2. The van der Waals surface area contributed by atoms with Gasteiger partial charge in [0.1, 0.15) is 5.82 Å². The SMILES string of the molecule is COc1cc2nc(CN(CCc3ccccc3)Cc3ccc(C)s3)[nH]c(=O)c2cc1OC. The van der Waals surface area contributed by atoms with Crippen LogP contribution in [-0.4, -0.2) is 35.6 Å². The number of ether oxygens (including phenoxy) is 2. The number of nitrogens with one attached hydrogen (secondary N) is 1. The number of H-pyrrole nitrogens is 1. The summed E-state index contributed by atoms with van der Waals surface area (Å²) in [5, 5.41) is 0.483. The van der Waals surface area contributed by atoms with Crippen LogP contribution in [0.5, 0.6) is 11.5 Å². The van der Waals surface area contributed by atoms with Crippen LogP contribution in [0.2, 0.25) is 0 Å². The molecule has 4 aromatic rings. The maximum Gasteiger partial charge on any atom is 0.258 e. The lowest BCUT2D eigenvalue weighted by atomic mass is 10.1. The molecular formula is C25H27N3O3S. The minimum absolute atomic E-state index is 0.180. The standard InChI is InChI=1S/C25H27N3O3S/c1-17-9-10-19(32-17)15-28(12-11-18-7-5-4-6-8-18)16-24-26-21-14-23(31-3)22(30-2)13-20(21)25(29)27-24/h4-10,13-14H,11-12,15-16H2,1-3H3,(H,26,27,29). The topological polar surface area (TPSA) is 67.5 Å². The quantitative estimate of drug-likeness (QED) is 0.406. The lowest BCUT2D eigenvalue weighted by molar-refractivity contribution is 0.256. The monoisotopic (exact) mass is 449 g/mol. The fourth-order valence-corrected chi connectivity index (χ4v) is 4.67. The van der Waals surface area contributed by atoms with Crippen molar-refractivity contribution in [3.05, 3.63) is 86.1 Å². The Hall–Kier alpha value is -3.16. The largest absolute Gasteiger partial charge is 0.493 e. The molecule has 0 saturated heterocycles. The number of aromatic amines is 1. The van der Waals surface area contributed by atoms with Gasteiger partial charge in [-0.3, -0.25) is 9.69 Å². The van der Waals surface area contributed by atoms with Crippen LogP contribution in [0.15, 0.2) is 59.4 Å². The third kappa shape index (κ3) is 5.18. The molecule has 1 N–H and O–H groups in total. The summed E-state index contributed by atoms with van der Waals surface area (Å²) in [5.74, 6) is 1.70. The van der Waals surface area contributed by atoms with Gasteiger partial charge < -0.3 is 14.5 Å². The van der Waals surface area contributed by atoms with Crippen molar-refractivity contribution in [1.82, 2.24) is 14.9 Å². The first-order chi connectivity index (χ1) is 15.6. The van der Waals surface area contributed by atoms with E-state index in [2.05, 4.69) is 53.2 Å². The normalized spacial score (nSPS) is 11.2. The molecule has 166 valence electrons. The van der Waals surface area contributed by atoms with Crippen molar-refractivity contribution in [1.29, 1.82) is 0 Å². The number of hydrogen-bond donors (Lipinski definition) is 1. The smallest absolute Gasteiger partial charge is 0.258 e. The molecule has 4 rings (SSSR count). The lowest BCUT2D eigenvalue weighted by Gasteiger charge is -2.21. The van der Waals surface area contributed by atoms with Crippen LogP contribution < -0.4 is 15.0 Å². The zero-order chi connectivity index (χ0) is 22.5. The number of hydrogen-bond acceptors (Lipinski definition) is 6. The molecule has 2 aromatic carbocycles. The van der Waals surface area contributed by atoms with Gasteiger partial charge in [0.15, 0.2) is 11.5 Å². The molecule has 6 nitrogen and oxygen atoms in total. The van der Waals surface area contributed by atoms with E-state index in [1.54, 1.807) is 37.7 Å². The van der Waals surface area contributed by atoms with Gasteiger partial charge in [-0.05, 0) is 37.1 Å². The predicted molar refractivity (Wildman–Crippen MR) is 129 cm³/mol. The van der Waals surface area contributed by atoms with E-state index in [-0.39, 0.29) is 5.56 Å². The summed E-state index contributed by atoms with van der Waals surface area (Å²) in [7, 11) is 3.13. The zero-order valence-electron chi connectivity index (χ0n) is 18.6. The maximum atomic E-state index is 12.8. The van der Waals surface area contributed by atoms with E-state index in [1.165, 1.54) is 15.3 Å². The first-order valence-electron chi connectivity index (χ1n) is 10.5. The highest BCUT2D eigenvalue weighted by Crippen LogP contribution is 2.30. The van der Waals surface area contributed by atoms with Crippen molar-refractivity contribution in [3.63, 3.8) is 0 Å². The molecule has 0 bridgehead atoms. The average molecular weight is 450 g/mol. The second kappa shape index (κ2) is 9.97. The van der Waals surface area contributed by atoms with Crippen molar-refractivity contribution in [2.45, 2.75) is 26.4 Å². The van der Waals surface area contributed by atoms with Crippen LogP contribution in [0, 0.1) is 6.92 Å². The van der Waals surface area contributed by atoms with Gasteiger partial charge in [-0.2, -0.15) is 0 Å². The Kier molecular flexibility index (Phi) is 6.87. The number of rotatable bonds is 9. The van der Waals surface area contributed by atoms with E-state index in [4.69, 9.17) is 14.5 Å². The second-order valence-corrected chi connectivity index (χ2v) is 9.07. The van der Waals surface area contributed by atoms with Crippen LogP contribution in [0.4, 0.5) is 0 Å². The number of aromatic nitrogens is 2. The molecule has 32 heavy (non-hydrogen) atoms. The molecule has 2 heterocycles. The maximum absolute atomic E-state index is 12.8. The molecule has 0 spiro atoms. The Balaban J connectivity index is 1.61. The highest BCUT2D eigenvalue weighted by atomic mass is 32.1. The van der Waals surface area contributed by atoms with Crippen LogP contribution in [0.3, 0.4) is 0 Å². The number of nitrogens with zero attached hydrogens (tertiary/aromatic N) is 2. The van der Waals surface area contributed by atoms with Gasteiger partial charge in [0.05, 0.1) is 31.7 Å². The van der Waals surface area contributed by atoms with E-state index < -0.39 is 0 Å². The Labute approximate surface area is 191 Å². The first kappa shape index (κ1) is 22.0. The van der Waals surface area contributed by atoms with Crippen LogP contribution >= 0.6 is 11.3 Å². The average Bonchev–Trinajstić information content (AvgIpc) is 3.21. The molecule has 0 saturated carbocycles. The Bertz CT molecular complexity index is 1250. The highest BCUT2D eigenvalue weighted by Gasteiger charge is 2.14. The molecule has 0 aliphatic carbocycles. The molecular weight excluding hydrogens is 422 g/mol. The highest BCUT2D eigenvalue weighted by molar-refractivity contribution is 7.11. The van der Waals surface area contributed by atoms with Crippen molar-refractivity contribution >= 4 is 22.2 Å². The summed E-state index contributed by atoms with van der Waals surface area (Å²) in [6.07, 6.45) is 0.925. The molecule has 0 atom stereocenters. The van der Waals surface area contributed by atoms with Gasteiger partial charge in [0, 0.05) is 28.9 Å². The van der Waals surface area contributed by atoms with Crippen LogP contribution in [0.1, 0.15) is 21.1 Å². The van der Waals surface area contributed by atoms with E-state index in [9.17, 15) is 4.79 Å². The summed E-state index contributed by atoms with van der Waals surface area (Å²) in [4.78, 5) is 25.4. The molecule has 0 aliphatic heterocycles. The minimum Gasteiger partial charge on any atom is -0.493 e. The molecule has 0 aliphatic rings. The summed E-state index contributed by atoms with van der Waals surface area (Å²) in [5.41, 5.74) is 1.70. The molecule has 7 heteroatoms. The summed E-state index contributed by atoms with van der Waals surface area (Å²) in [6.45, 7) is 4.32. The lowest BCUT2D eigenvalue weighted by Crippen LogP contribution is -2.27.